The first-order chi connectivity index (χ1) is 14.2. The molecule has 9 heteroatoms. The molecule has 0 saturated carbocycles. The molecule has 0 spiro atoms. The van der Waals surface area contributed by atoms with Crippen LogP contribution in [0.3, 0.4) is 0 Å². The summed E-state index contributed by atoms with van der Waals surface area (Å²) in [5.41, 5.74) is 1.73. The molecule has 152 valence electrons. The number of thioether (sulfide) groups is 1. The number of ether oxygens (including phenoxy) is 4. The summed E-state index contributed by atoms with van der Waals surface area (Å²) in [4.78, 5) is 0. The van der Waals surface area contributed by atoms with Crippen LogP contribution in [-0.4, -0.2) is 37.6 Å². The summed E-state index contributed by atoms with van der Waals surface area (Å²) in [6.07, 6.45) is 0.829. The van der Waals surface area contributed by atoms with Gasteiger partial charge in [0.25, 0.3) is 5.22 Å². The number of benzene rings is 2. The lowest BCUT2D eigenvalue weighted by molar-refractivity contribution is 0.297. The van der Waals surface area contributed by atoms with Gasteiger partial charge in [-0.2, -0.15) is 0 Å². The van der Waals surface area contributed by atoms with E-state index in [9.17, 15) is 0 Å². The van der Waals surface area contributed by atoms with Crippen molar-refractivity contribution in [1.29, 1.82) is 0 Å². The van der Waals surface area contributed by atoms with E-state index in [1.54, 1.807) is 26.4 Å². The minimum Gasteiger partial charge on any atom is -0.493 e. The van der Waals surface area contributed by atoms with Gasteiger partial charge in [0.05, 0.1) is 32.5 Å². The highest BCUT2D eigenvalue weighted by Gasteiger charge is 2.17. The van der Waals surface area contributed by atoms with Crippen LogP contribution in [-0.2, 0) is 5.75 Å². The van der Waals surface area contributed by atoms with Crippen molar-refractivity contribution in [3.63, 3.8) is 0 Å². The highest BCUT2D eigenvalue weighted by atomic mass is 35.5. The van der Waals surface area contributed by atoms with E-state index in [1.807, 2.05) is 18.2 Å². The van der Waals surface area contributed by atoms with Crippen LogP contribution in [0.4, 0.5) is 0 Å². The Labute approximate surface area is 177 Å². The molecule has 0 aliphatic carbocycles. The average molecular weight is 435 g/mol. The van der Waals surface area contributed by atoms with Crippen molar-refractivity contribution in [2.45, 2.75) is 17.4 Å². The summed E-state index contributed by atoms with van der Waals surface area (Å²) in [5.74, 6) is 3.51. The average Bonchev–Trinajstić information content (AvgIpc) is 3.09. The number of hydrogen-bond donors (Lipinski definition) is 0. The first-order valence-electron chi connectivity index (χ1n) is 8.94. The zero-order valence-electron chi connectivity index (χ0n) is 15.9. The molecule has 0 N–H and O–H groups in total. The van der Waals surface area contributed by atoms with Crippen LogP contribution in [0.25, 0.3) is 11.5 Å². The molecule has 0 atom stereocenters. The Balaban J connectivity index is 1.48. The van der Waals surface area contributed by atoms with Crippen molar-refractivity contribution in [1.82, 2.24) is 10.2 Å². The predicted molar refractivity (Wildman–Crippen MR) is 109 cm³/mol. The van der Waals surface area contributed by atoms with Crippen LogP contribution in [0.5, 0.6) is 23.0 Å². The molecule has 4 rings (SSSR count). The second kappa shape index (κ2) is 8.84. The maximum Gasteiger partial charge on any atom is 0.277 e. The summed E-state index contributed by atoms with van der Waals surface area (Å²) in [5, 5.41) is 9.24. The third kappa shape index (κ3) is 4.38. The highest BCUT2D eigenvalue weighted by Crippen LogP contribution is 2.39. The minimum atomic E-state index is 0.408. The van der Waals surface area contributed by atoms with Gasteiger partial charge >= 0.3 is 0 Å². The third-order valence-electron chi connectivity index (χ3n) is 4.26. The van der Waals surface area contributed by atoms with E-state index in [-0.39, 0.29) is 0 Å². The fraction of sp³-hybridized carbons (Fsp3) is 0.300. The molecular formula is C20H19ClN2O5S. The van der Waals surface area contributed by atoms with Crippen molar-refractivity contribution < 1.29 is 23.4 Å². The van der Waals surface area contributed by atoms with Gasteiger partial charge in [0, 0.05) is 17.7 Å². The zero-order chi connectivity index (χ0) is 20.2. The lowest BCUT2D eigenvalue weighted by Crippen LogP contribution is -1.97. The van der Waals surface area contributed by atoms with E-state index < -0.39 is 0 Å². The number of hydrogen-bond acceptors (Lipinski definition) is 8. The number of methoxy groups -OCH3 is 2. The van der Waals surface area contributed by atoms with E-state index in [2.05, 4.69) is 10.2 Å². The Hall–Kier alpha value is -2.58. The molecule has 0 radical (unpaired) electrons. The van der Waals surface area contributed by atoms with E-state index in [0.29, 0.717) is 58.1 Å². The van der Waals surface area contributed by atoms with E-state index in [0.717, 1.165) is 17.5 Å². The SMILES string of the molecule is COc1ccc(-c2nnc(SCc3cc(Cl)c4c(c3)OCCCO4)o2)cc1OC. The van der Waals surface area contributed by atoms with Crippen LogP contribution in [0, 0.1) is 0 Å². The van der Waals surface area contributed by atoms with Gasteiger partial charge in [-0.3, -0.25) is 0 Å². The normalized spacial score (nSPS) is 13.1. The summed E-state index contributed by atoms with van der Waals surface area (Å²) < 4.78 is 27.7. The summed E-state index contributed by atoms with van der Waals surface area (Å²) in [7, 11) is 3.17. The molecule has 1 aromatic heterocycles. The van der Waals surface area contributed by atoms with Gasteiger partial charge < -0.3 is 23.4 Å². The Morgan fingerprint density at radius 1 is 1.03 bits per heavy atom. The molecule has 0 fully saturated rings. The molecule has 1 aliphatic heterocycles. The van der Waals surface area contributed by atoms with Gasteiger partial charge in [-0.05, 0) is 35.9 Å². The molecule has 1 aliphatic rings. The molecule has 7 nitrogen and oxygen atoms in total. The van der Waals surface area contributed by atoms with Crippen LogP contribution >= 0.6 is 23.4 Å². The number of halogens is 1. The van der Waals surface area contributed by atoms with Gasteiger partial charge in [0.1, 0.15) is 0 Å². The van der Waals surface area contributed by atoms with Crippen molar-refractivity contribution in [2.75, 3.05) is 27.4 Å². The summed E-state index contributed by atoms with van der Waals surface area (Å²) >= 11 is 7.77. The highest BCUT2D eigenvalue weighted by molar-refractivity contribution is 7.98. The smallest absolute Gasteiger partial charge is 0.277 e. The molecule has 0 saturated heterocycles. The van der Waals surface area contributed by atoms with Gasteiger partial charge in [0.15, 0.2) is 23.0 Å². The van der Waals surface area contributed by atoms with Crippen molar-refractivity contribution >= 4 is 23.4 Å². The first-order valence-corrected chi connectivity index (χ1v) is 10.3. The lowest BCUT2D eigenvalue weighted by Gasteiger charge is -2.11. The van der Waals surface area contributed by atoms with Crippen LogP contribution in [0.15, 0.2) is 40.0 Å². The van der Waals surface area contributed by atoms with E-state index in [1.165, 1.54) is 11.8 Å². The van der Waals surface area contributed by atoms with Crippen LogP contribution in [0.2, 0.25) is 5.02 Å². The Bertz CT molecular complexity index is 1010. The lowest BCUT2D eigenvalue weighted by atomic mass is 10.2. The quantitative estimate of drug-likeness (QED) is 0.509. The Kier molecular flexibility index (Phi) is 6.01. The maximum absolute atomic E-state index is 6.35. The standard InChI is InChI=1S/C20H19ClN2O5S/c1-24-15-5-4-13(10-16(15)25-2)19-22-23-20(28-19)29-11-12-8-14(21)18-17(9-12)26-6-3-7-27-18/h4-5,8-10H,3,6-7,11H2,1-2H3. The molecule has 0 amide bonds. The fourth-order valence-electron chi connectivity index (χ4n) is 2.87. The monoisotopic (exact) mass is 434 g/mol. The second-order valence-corrected chi connectivity index (χ2v) is 7.52. The Morgan fingerprint density at radius 2 is 1.86 bits per heavy atom. The molecule has 0 bridgehead atoms. The first kappa shape index (κ1) is 19.7. The van der Waals surface area contributed by atoms with Crippen molar-refractivity contribution in [3.05, 3.63) is 40.9 Å². The number of fused-ring (bicyclic) bond motifs is 1. The summed E-state index contributed by atoms with van der Waals surface area (Å²) in [6, 6.07) is 9.24. The minimum absolute atomic E-state index is 0.408. The van der Waals surface area contributed by atoms with Gasteiger partial charge in [-0.1, -0.05) is 23.4 Å². The number of nitrogens with zero attached hydrogens (tertiary/aromatic N) is 2. The van der Waals surface area contributed by atoms with E-state index in [4.69, 9.17) is 35.0 Å². The summed E-state index contributed by atoms with van der Waals surface area (Å²) in [6.45, 7) is 1.21. The molecule has 2 heterocycles. The third-order valence-corrected chi connectivity index (χ3v) is 5.43. The van der Waals surface area contributed by atoms with Gasteiger partial charge in [-0.25, -0.2) is 0 Å². The molecule has 3 aromatic rings. The zero-order valence-corrected chi connectivity index (χ0v) is 17.5. The molecule has 0 unspecified atom stereocenters. The van der Waals surface area contributed by atoms with Crippen molar-refractivity contribution in [2.24, 2.45) is 0 Å². The van der Waals surface area contributed by atoms with Gasteiger partial charge in [0.2, 0.25) is 5.89 Å². The predicted octanol–water partition coefficient (Wildman–Crippen LogP) is 4.86. The molecule has 29 heavy (non-hydrogen) atoms. The maximum atomic E-state index is 6.35. The number of aromatic nitrogens is 2. The van der Waals surface area contributed by atoms with Crippen LogP contribution in [0.1, 0.15) is 12.0 Å². The van der Waals surface area contributed by atoms with Gasteiger partial charge in [-0.15, -0.1) is 10.2 Å². The topological polar surface area (TPSA) is 75.8 Å². The van der Waals surface area contributed by atoms with E-state index >= 15 is 0 Å². The fourth-order valence-corrected chi connectivity index (χ4v) is 3.85. The molecular weight excluding hydrogens is 416 g/mol. The van der Waals surface area contributed by atoms with Crippen molar-refractivity contribution in [3.8, 4) is 34.5 Å². The molecule has 2 aromatic carbocycles. The largest absolute Gasteiger partial charge is 0.493 e. The Morgan fingerprint density at radius 3 is 2.69 bits per heavy atom. The van der Waals surface area contributed by atoms with Crippen LogP contribution < -0.4 is 18.9 Å². The second-order valence-electron chi connectivity index (χ2n) is 6.19. The number of rotatable bonds is 6.